The summed E-state index contributed by atoms with van der Waals surface area (Å²) in [6.07, 6.45) is 0. The quantitative estimate of drug-likeness (QED) is 0.692. The first-order chi connectivity index (χ1) is 13.5. The average molecular weight is 386 g/mol. The predicted molar refractivity (Wildman–Crippen MR) is 106 cm³/mol. The number of carbonyl (C=O) groups is 2. The summed E-state index contributed by atoms with van der Waals surface area (Å²) < 4.78 is 16.0. The lowest BCUT2D eigenvalue weighted by atomic mass is 10.1. The molecule has 0 aromatic heterocycles. The number of ether oxygens (including phenoxy) is 3. The third-order valence-corrected chi connectivity index (χ3v) is 4.12. The summed E-state index contributed by atoms with van der Waals surface area (Å²) in [7, 11) is 3.14. The van der Waals surface area contributed by atoms with Gasteiger partial charge in [0.1, 0.15) is 17.2 Å². The Morgan fingerprint density at radius 2 is 1.79 bits per heavy atom. The van der Waals surface area contributed by atoms with Gasteiger partial charge in [0.15, 0.2) is 0 Å². The molecule has 0 saturated heterocycles. The van der Waals surface area contributed by atoms with E-state index in [1.807, 2.05) is 13.8 Å². The Labute approximate surface area is 165 Å². The van der Waals surface area contributed by atoms with Gasteiger partial charge in [0.05, 0.1) is 39.0 Å². The summed E-state index contributed by atoms with van der Waals surface area (Å²) in [4.78, 5) is 24.7. The molecule has 0 radical (unpaired) electrons. The van der Waals surface area contributed by atoms with E-state index in [1.54, 1.807) is 56.7 Å². The van der Waals surface area contributed by atoms with E-state index in [0.717, 1.165) is 5.56 Å². The van der Waals surface area contributed by atoms with E-state index in [2.05, 4.69) is 10.6 Å². The van der Waals surface area contributed by atoms with Crippen molar-refractivity contribution >= 4 is 11.8 Å². The van der Waals surface area contributed by atoms with E-state index in [0.29, 0.717) is 29.4 Å². The number of hydrogen-bond acceptors (Lipinski definition) is 5. The molecule has 1 atom stereocenters. The van der Waals surface area contributed by atoms with Crippen LogP contribution < -0.4 is 24.8 Å². The summed E-state index contributed by atoms with van der Waals surface area (Å²) >= 11 is 0. The van der Waals surface area contributed by atoms with Crippen LogP contribution in [0, 0.1) is 0 Å². The molecule has 0 aliphatic rings. The summed E-state index contributed by atoms with van der Waals surface area (Å²) in [5.41, 5.74) is 1.17. The normalized spacial score (nSPS) is 11.3. The molecular formula is C21H26N2O5. The summed E-state index contributed by atoms with van der Waals surface area (Å²) in [5.74, 6) is 1.10. The first kappa shape index (κ1) is 21.1. The molecule has 2 aromatic carbocycles. The van der Waals surface area contributed by atoms with Gasteiger partial charge in [0, 0.05) is 5.56 Å². The van der Waals surface area contributed by atoms with Crippen molar-refractivity contribution in [1.82, 2.24) is 10.6 Å². The van der Waals surface area contributed by atoms with Crippen molar-refractivity contribution in [2.24, 2.45) is 0 Å². The zero-order valence-electron chi connectivity index (χ0n) is 16.6. The van der Waals surface area contributed by atoms with Crippen LogP contribution in [-0.4, -0.2) is 39.2 Å². The SMILES string of the molecule is CCOc1ccccc1C(=O)NCC(=O)N[C@H](C)c1cc(OC)ccc1OC. The maximum atomic E-state index is 12.4. The highest BCUT2D eigenvalue weighted by Gasteiger charge is 2.17. The monoisotopic (exact) mass is 386 g/mol. The minimum Gasteiger partial charge on any atom is -0.497 e. The van der Waals surface area contributed by atoms with Gasteiger partial charge in [-0.3, -0.25) is 9.59 Å². The highest BCUT2D eigenvalue weighted by atomic mass is 16.5. The standard InChI is InChI=1S/C21H26N2O5/c1-5-28-19-9-7-6-8-16(19)21(25)22-13-20(24)23-14(2)17-12-15(26-3)10-11-18(17)27-4/h6-12,14H,5,13H2,1-4H3,(H,22,25)(H,23,24)/t14-/m1/s1. The zero-order chi connectivity index (χ0) is 20.5. The lowest BCUT2D eigenvalue weighted by Crippen LogP contribution is -2.38. The lowest BCUT2D eigenvalue weighted by Gasteiger charge is -2.18. The topological polar surface area (TPSA) is 85.9 Å². The number of benzene rings is 2. The van der Waals surface area contributed by atoms with Gasteiger partial charge < -0.3 is 24.8 Å². The Morgan fingerprint density at radius 1 is 1.04 bits per heavy atom. The average Bonchev–Trinajstić information content (AvgIpc) is 2.72. The van der Waals surface area contributed by atoms with E-state index >= 15 is 0 Å². The molecule has 7 nitrogen and oxygen atoms in total. The van der Waals surface area contributed by atoms with Crippen LogP contribution in [0.3, 0.4) is 0 Å². The number of rotatable bonds is 9. The summed E-state index contributed by atoms with van der Waals surface area (Å²) in [5, 5.41) is 5.47. The molecule has 2 amide bonds. The number of carbonyl (C=O) groups excluding carboxylic acids is 2. The van der Waals surface area contributed by atoms with Crippen LogP contribution in [-0.2, 0) is 4.79 Å². The van der Waals surface area contributed by atoms with Crippen LogP contribution >= 0.6 is 0 Å². The van der Waals surface area contributed by atoms with Gasteiger partial charge in [0.25, 0.3) is 5.91 Å². The fourth-order valence-electron chi connectivity index (χ4n) is 2.74. The number of nitrogens with one attached hydrogen (secondary N) is 2. The number of amides is 2. The molecule has 2 rings (SSSR count). The van der Waals surface area contributed by atoms with Crippen molar-refractivity contribution in [1.29, 1.82) is 0 Å². The number of hydrogen-bond donors (Lipinski definition) is 2. The second kappa shape index (κ2) is 10.2. The molecule has 0 fully saturated rings. The van der Waals surface area contributed by atoms with Crippen molar-refractivity contribution in [3.63, 3.8) is 0 Å². The molecule has 2 N–H and O–H groups in total. The molecule has 0 bridgehead atoms. The van der Waals surface area contributed by atoms with Crippen LogP contribution in [0.4, 0.5) is 0 Å². The van der Waals surface area contributed by atoms with Crippen LogP contribution in [0.5, 0.6) is 17.2 Å². The fraction of sp³-hybridized carbons (Fsp3) is 0.333. The molecule has 0 heterocycles. The van der Waals surface area contributed by atoms with Crippen LogP contribution in [0.25, 0.3) is 0 Å². The molecule has 2 aromatic rings. The predicted octanol–water partition coefficient (Wildman–Crippen LogP) is 2.71. The Balaban J connectivity index is 1.98. The van der Waals surface area contributed by atoms with Gasteiger partial charge in [-0.25, -0.2) is 0 Å². The Bertz CT molecular complexity index is 822. The second-order valence-corrected chi connectivity index (χ2v) is 6.01. The maximum absolute atomic E-state index is 12.4. The molecule has 28 heavy (non-hydrogen) atoms. The van der Waals surface area contributed by atoms with Crippen LogP contribution in [0.15, 0.2) is 42.5 Å². The zero-order valence-corrected chi connectivity index (χ0v) is 16.6. The van der Waals surface area contributed by atoms with E-state index < -0.39 is 0 Å². The Hall–Kier alpha value is -3.22. The van der Waals surface area contributed by atoms with Crippen molar-refractivity contribution in [2.45, 2.75) is 19.9 Å². The van der Waals surface area contributed by atoms with Crippen molar-refractivity contribution in [2.75, 3.05) is 27.4 Å². The minimum absolute atomic E-state index is 0.157. The van der Waals surface area contributed by atoms with Crippen molar-refractivity contribution in [3.8, 4) is 17.2 Å². The molecular weight excluding hydrogens is 360 g/mol. The van der Waals surface area contributed by atoms with Gasteiger partial charge in [-0.05, 0) is 44.2 Å². The molecule has 0 aliphatic heterocycles. The maximum Gasteiger partial charge on any atom is 0.255 e. The van der Waals surface area contributed by atoms with Gasteiger partial charge in [0.2, 0.25) is 5.91 Å². The molecule has 0 unspecified atom stereocenters. The van der Waals surface area contributed by atoms with Crippen molar-refractivity contribution in [3.05, 3.63) is 53.6 Å². The van der Waals surface area contributed by atoms with Crippen LogP contribution in [0.1, 0.15) is 35.8 Å². The van der Waals surface area contributed by atoms with Gasteiger partial charge >= 0.3 is 0 Å². The number of methoxy groups -OCH3 is 2. The summed E-state index contributed by atoms with van der Waals surface area (Å²) in [6, 6.07) is 12.0. The first-order valence-electron chi connectivity index (χ1n) is 9.01. The third-order valence-electron chi connectivity index (χ3n) is 4.12. The van der Waals surface area contributed by atoms with E-state index in [4.69, 9.17) is 14.2 Å². The molecule has 7 heteroatoms. The van der Waals surface area contributed by atoms with E-state index in [9.17, 15) is 9.59 Å². The van der Waals surface area contributed by atoms with Gasteiger partial charge in [-0.2, -0.15) is 0 Å². The molecule has 0 saturated carbocycles. The number of para-hydroxylation sites is 1. The third kappa shape index (κ3) is 5.39. The fourth-order valence-corrected chi connectivity index (χ4v) is 2.74. The highest BCUT2D eigenvalue weighted by molar-refractivity contribution is 5.98. The molecule has 0 spiro atoms. The van der Waals surface area contributed by atoms with E-state index in [1.165, 1.54) is 0 Å². The minimum atomic E-state index is -0.370. The summed E-state index contributed by atoms with van der Waals surface area (Å²) in [6.45, 7) is 3.97. The molecule has 0 aliphatic carbocycles. The first-order valence-corrected chi connectivity index (χ1v) is 9.01. The smallest absolute Gasteiger partial charge is 0.255 e. The Morgan fingerprint density at radius 3 is 2.46 bits per heavy atom. The Kier molecular flexibility index (Phi) is 7.68. The van der Waals surface area contributed by atoms with Crippen LogP contribution in [0.2, 0.25) is 0 Å². The second-order valence-electron chi connectivity index (χ2n) is 6.01. The van der Waals surface area contributed by atoms with Gasteiger partial charge in [-0.15, -0.1) is 0 Å². The largest absolute Gasteiger partial charge is 0.497 e. The molecule has 150 valence electrons. The highest BCUT2D eigenvalue weighted by Crippen LogP contribution is 2.29. The van der Waals surface area contributed by atoms with E-state index in [-0.39, 0.29) is 24.4 Å². The van der Waals surface area contributed by atoms with Crippen molar-refractivity contribution < 1.29 is 23.8 Å². The van der Waals surface area contributed by atoms with Gasteiger partial charge in [-0.1, -0.05) is 12.1 Å². The lowest BCUT2D eigenvalue weighted by molar-refractivity contribution is -0.120.